The number of hydrogen-bond donors (Lipinski definition) is 2. The lowest BCUT2D eigenvalue weighted by molar-refractivity contribution is -0.142. The second-order valence-corrected chi connectivity index (χ2v) is 6.04. The van der Waals surface area contributed by atoms with Crippen molar-refractivity contribution in [3.63, 3.8) is 0 Å². The summed E-state index contributed by atoms with van der Waals surface area (Å²) >= 11 is 0. The largest absolute Gasteiger partial charge is 0.507 e. The van der Waals surface area contributed by atoms with Crippen molar-refractivity contribution in [1.29, 1.82) is 0 Å². The molecule has 0 bridgehead atoms. The molecule has 6 nitrogen and oxygen atoms in total. The van der Waals surface area contributed by atoms with Crippen LogP contribution in [0.15, 0.2) is 54.6 Å². The lowest BCUT2D eigenvalue weighted by Crippen LogP contribution is -2.43. The maximum atomic E-state index is 12.7. The Morgan fingerprint density at radius 1 is 1.15 bits per heavy atom. The molecule has 0 saturated heterocycles. The normalized spacial score (nSPS) is 11.9. The number of nitrogens with zero attached hydrogens (tertiary/aromatic N) is 1. The van der Waals surface area contributed by atoms with E-state index in [0.29, 0.717) is 17.5 Å². The lowest BCUT2D eigenvalue weighted by atomic mass is 10.1. The lowest BCUT2D eigenvalue weighted by Gasteiger charge is -2.17. The first-order chi connectivity index (χ1) is 12.5. The molecule has 1 amide bonds. The third-order valence-corrected chi connectivity index (χ3v) is 4.37. The maximum Gasteiger partial charge on any atom is 0.328 e. The van der Waals surface area contributed by atoms with Crippen molar-refractivity contribution in [1.82, 2.24) is 9.88 Å². The van der Waals surface area contributed by atoms with Crippen molar-refractivity contribution >= 4 is 22.8 Å². The van der Waals surface area contributed by atoms with Crippen LogP contribution in [0, 0.1) is 0 Å². The van der Waals surface area contributed by atoms with Gasteiger partial charge in [0.1, 0.15) is 17.5 Å². The summed E-state index contributed by atoms with van der Waals surface area (Å²) in [5.41, 5.74) is 1.99. The number of benzene rings is 2. The molecule has 1 heterocycles. The van der Waals surface area contributed by atoms with E-state index in [1.807, 2.05) is 36.4 Å². The molecule has 134 valence electrons. The monoisotopic (exact) mass is 352 g/mol. The molecule has 0 radical (unpaired) electrons. The van der Waals surface area contributed by atoms with Gasteiger partial charge in [-0.15, -0.1) is 0 Å². The van der Waals surface area contributed by atoms with Gasteiger partial charge in [-0.3, -0.25) is 4.79 Å². The number of amides is 1. The number of fused-ring (bicyclic) bond motifs is 1. The molecule has 0 aliphatic heterocycles. The van der Waals surface area contributed by atoms with Crippen molar-refractivity contribution in [3.8, 4) is 5.75 Å². The second kappa shape index (κ2) is 7.31. The van der Waals surface area contributed by atoms with E-state index in [4.69, 9.17) is 4.74 Å². The summed E-state index contributed by atoms with van der Waals surface area (Å²) in [6, 6.07) is 15.3. The maximum absolute atomic E-state index is 12.7. The number of aromatic nitrogens is 1. The van der Waals surface area contributed by atoms with E-state index in [-0.39, 0.29) is 5.75 Å². The third-order valence-electron chi connectivity index (χ3n) is 4.37. The molecule has 3 rings (SSSR count). The zero-order valence-electron chi connectivity index (χ0n) is 14.6. The zero-order valence-corrected chi connectivity index (χ0v) is 14.6. The Kier molecular flexibility index (Phi) is 4.93. The van der Waals surface area contributed by atoms with E-state index in [1.54, 1.807) is 29.8 Å². The van der Waals surface area contributed by atoms with Gasteiger partial charge in [0.05, 0.1) is 12.6 Å². The van der Waals surface area contributed by atoms with Crippen molar-refractivity contribution in [2.75, 3.05) is 7.11 Å². The van der Waals surface area contributed by atoms with Gasteiger partial charge in [-0.25, -0.2) is 4.79 Å². The molecule has 1 atom stereocenters. The molecule has 3 aromatic rings. The van der Waals surface area contributed by atoms with Gasteiger partial charge in [-0.05, 0) is 23.8 Å². The van der Waals surface area contributed by atoms with Crippen molar-refractivity contribution in [2.24, 2.45) is 7.05 Å². The molecule has 0 spiro atoms. The number of phenolic OH excluding ortho intramolecular Hbond substituents is 1. The Morgan fingerprint density at radius 2 is 1.88 bits per heavy atom. The number of aryl methyl sites for hydroxylation is 1. The summed E-state index contributed by atoms with van der Waals surface area (Å²) in [6.45, 7) is 0. The molecule has 1 aromatic heterocycles. The predicted octanol–water partition coefficient (Wildman–Crippen LogP) is 2.40. The number of nitrogens with one attached hydrogen (secondary N) is 1. The van der Waals surface area contributed by atoms with Gasteiger partial charge in [0.25, 0.3) is 5.91 Å². The van der Waals surface area contributed by atoms with Gasteiger partial charge in [-0.1, -0.05) is 36.4 Å². The van der Waals surface area contributed by atoms with Gasteiger partial charge >= 0.3 is 5.97 Å². The Bertz CT molecular complexity index is 947. The summed E-state index contributed by atoms with van der Waals surface area (Å²) in [5, 5.41) is 13.3. The average molecular weight is 352 g/mol. The Morgan fingerprint density at radius 3 is 2.54 bits per heavy atom. The first-order valence-corrected chi connectivity index (χ1v) is 8.21. The van der Waals surface area contributed by atoms with Crippen LogP contribution >= 0.6 is 0 Å². The number of carbonyl (C=O) groups is 2. The summed E-state index contributed by atoms with van der Waals surface area (Å²) in [6.07, 6.45) is 0.328. The highest BCUT2D eigenvalue weighted by atomic mass is 16.5. The van der Waals surface area contributed by atoms with Crippen LogP contribution in [0.1, 0.15) is 16.1 Å². The molecular weight excluding hydrogens is 332 g/mol. The summed E-state index contributed by atoms with van der Waals surface area (Å²) in [4.78, 5) is 24.9. The van der Waals surface area contributed by atoms with E-state index in [0.717, 1.165) is 11.1 Å². The van der Waals surface area contributed by atoms with Gasteiger partial charge in [0.15, 0.2) is 0 Å². The van der Waals surface area contributed by atoms with Gasteiger partial charge in [0.2, 0.25) is 0 Å². The molecule has 0 fully saturated rings. The zero-order chi connectivity index (χ0) is 18.7. The molecule has 6 heteroatoms. The Hall–Kier alpha value is -3.28. The number of carbonyl (C=O) groups excluding carboxylic acids is 2. The van der Waals surface area contributed by atoms with Gasteiger partial charge in [-0.2, -0.15) is 0 Å². The van der Waals surface area contributed by atoms with Crippen molar-refractivity contribution < 1.29 is 19.4 Å². The van der Waals surface area contributed by atoms with Crippen LogP contribution < -0.4 is 5.32 Å². The number of rotatable bonds is 5. The molecule has 0 aliphatic carbocycles. The SMILES string of the molecule is COC(=O)[C@H](Cc1ccccc1)NC(=O)c1cc2c(O)cccc2n1C. The summed E-state index contributed by atoms with van der Waals surface area (Å²) in [7, 11) is 3.03. The van der Waals surface area contributed by atoms with Crippen LogP contribution in [0.3, 0.4) is 0 Å². The quantitative estimate of drug-likeness (QED) is 0.691. The number of esters is 1. The van der Waals surface area contributed by atoms with Crippen LogP contribution in [0.4, 0.5) is 0 Å². The number of hydrogen-bond acceptors (Lipinski definition) is 4. The third kappa shape index (κ3) is 3.39. The fourth-order valence-electron chi connectivity index (χ4n) is 2.98. The molecule has 2 N–H and O–H groups in total. The van der Waals surface area contributed by atoms with Crippen LogP contribution in [0.2, 0.25) is 0 Å². The smallest absolute Gasteiger partial charge is 0.328 e. The highest BCUT2D eigenvalue weighted by molar-refractivity contribution is 6.01. The fourth-order valence-corrected chi connectivity index (χ4v) is 2.98. The standard InChI is InChI=1S/C20H20N2O4/c1-22-16-9-6-10-18(23)14(16)12-17(22)19(24)21-15(20(25)26-2)11-13-7-4-3-5-8-13/h3-10,12,15,23H,11H2,1-2H3,(H,21,24)/t15-/m0/s1. The van der Waals surface area contributed by atoms with Crippen molar-refractivity contribution in [2.45, 2.75) is 12.5 Å². The predicted molar refractivity (Wildman–Crippen MR) is 98.0 cm³/mol. The fraction of sp³-hybridized carbons (Fsp3) is 0.200. The van der Waals surface area contributed by atoms with Crippen LogP contribution in [0.5, 0.6) is 5.75 Å². The van der Waals surface area contributed by atoms with Crippen LogP contribution in [0.25, 0.3) is 10.9 Å². The van der Waals surface area contributed by atoms with E-state index in [1.165, 1.54) is 7.11 Å². The Labute approximate surface area is 151 Å². The number of phenols is 1. The average Bonchev–Trinajstić information content (AvgIpc) is 3.00. The van der Waals surface area contributed by atoms with Crippen LogP contribution in [-0.2, 0) is 23.0 Å². The summed E-state index contributed by atoms with van der Waals surface area (Å²) in [5.74, 6) is -0.816. The van der Waals surface area contributed by atoms with Crippen molar-refractivity contribution in [3.05, 3.63) is 65.9 Å². The molecule has 0 aliphatic rings. The van der Waals surface area contributed by atoms with E-state index in [2.05, 4.69) is 5.32 Å². The minimum Gasteiger partial charge on any atom is -0.507 e. The molecule has 26 heavy (non-hydrogen) atoms. The van der Waals surface area contributed by atoms with Gasteiger partial charge < -0.3 is 19.7 Å². The Balaban J connectivity index is 1.87. The molecule has 0 saturated carbocycles. The first-order valence-electron chi connectivity index (χ1n) is 8.21. The molecular formula is C20H20N2O4. The second-order valence-electron chi connectivity index (χ2n) is 6.04. The van der Waals surface area contributed by atoms with E-state index < -0.39 is 17.9 Å². The molecule has 0 unspecified atom stereocenters. The van der Waals surface area contributed by atoms with E-state index >= 15 is 0 Å². The number of aromatic hydroxyl groups is 1. The topological polar surface area (TPSA) is 80.6 Å². The van der Waals surface area contributed by atoms with Crippen LogP contribution in [-0.4, -0.2) is 34.7 Å². The number of ether oxygens (including phenoxy) is 1. The van der Waals surface area contributed by atoms with E-state index in [9.17, 15) is 14.7 Å². The highest BCUT2D eigenvalue weighted by Gasteiger charge is 2.24. The first kappa shape index (κ1) is 17.5. The minimum absolute atomic E-state index is 0.103. The molecule has 2 aromatic carbocycles. The van der Waals surface area contributed by atoms with Gasteiger partial charge in [0, 0.05) is 18.9 Å². The minimum atomic E-state index is -0.804. The summed E-state index contributed by atoms with van der Waals surface area (Å²) < 4.78 is 6.51. The highest BCUT2D eigenvalue weighted by Crippen LogP contribution is 2.27. The number of methoxy groups -OCH3 is 1.